The summed E-state index contributed by atoms with van der Waals surface area (Å²) in [6.45, 7) is 16.4. The van der Waals surface area contributed by atoms with Gasteiger partial charge < -0.3 is 15.4 Å². The van der Waals surface area contributed by atoms with Gasteiger partial charge in [-0.2, -0.15) is 0 Å². The van der Waals surface area contributed by atoms with E-state index < -0.39 is 0 Å². The molecule has 5 nitrogen and oxygen atoms in total. The third-order valence-electron chi connectivity index (χ3n) is 4.04. The Morgan fingerprint density at radius 1 is 1.32 bits per heavy atom. The van der Waals surface area contributed by atoms with Crippen molar-refractivity contribution in [2.24, 2.45) is 4.99 Å². The molecule has 1 fully saturated rings. The van der Waals surface area contributed by atoms with E-state index >= 15 is 0 Å². The molecule has 0 aromatic rings. The zero-order chi connectivity index (χ0) is 15.7. The van der Waals surface area contributed by atoms with E-state index in [4.69, 9.17) is 4.74 Å². The number of hydrogen-bond acceptors (Lipinski definition) is 3. The summed E-state index contributed by atoms with van der Waals surface area (Å²) >= 11 is 0. The van der Waals surface area contributed by atoms with E-state index in [0.29, 0.717) is 6.04 Å². The highest BCUT2D eigenvalue weighted by atomic mass is 127. The first-order valence-corrected chi connectivity index (χ1v) is 8.41. The summed E-state index contributed by atoms with van der Waals surface area (Å²) in [5.74, 6) is 0.897. The number of aliphatic imine (C=N–C) groups is 1. The lowest BCUT2D eigenvalue weighted by Gasteiger charge is -2.25. The van der Waals surface area contributed by atoms with Gasteiger partial charge in [0.1, 0.15) is 0 Å². The van der Waals surface area contributed by atoms with Crippen LogP contribution in [0.1, 0.15) is 47.5 Å². The predicted molar refractivity (Wildman–Crippen MR) is 105 cm³/mol. The van der Waals surface area contributed by atoms with Crippen LogP contribution >= 0.6 is 24.0 Å². The summed E-state index contributed by atoms with van der Waals surface area (Å²) in [6, 6.07) is 0.585. The number of nitrogens with zero attached hydrogens (tertiary/aromatic N) is 2. The fourth-order valence-electron chi connectivity index (χ4n) is 2.65. The largest absolute Gasteiger partial charge is 0.373 e. The van der Waals surface area contributed by atoms with Gasteiger partial charge in [-0.25, -0.2) is 0 Å². The summed E-state index contributed by atoms with van der Waals surface area (Å²) < 4.78 is 5.79. The predicted octanol–water partition coefficient (Wildman–Crippen LogP) is 2.46. The summed E-state index contributed by atoms with van der Waals surface area (Å²) in [4.78, 5) is 7.13. The molecular weight excluding hydrogens is 391 g/mol. The van der Waals surface area contributed by atoms with Gasteiger partial charge in [-0.3, -0.25) is 9.89 Å². The van der Waals surface area contributed by atoms with Crippen molar-refractivity contribution in [3.05, 3.63) is 0 Å². The number of nitrogens with one attached hydrogen (secondary N) is 2. The van der Waals surface area contributed by atoms with Crippen LogP contribution in [0.3, 0.4) is 0 Å². The number of halogens is 1. The van der Waals surface area contributed by atoms with E-state index in [2.05, 4.69) is 55.1 Å². The average Bonchev–Trinajstić information content (AvgIpc) is 2.87. The Kier molecular flexibility index (Phi) is 11.4. The van der Waals surface area contributed by atoms with Crippen LogP contribution in [0, 0.1) is 0 Å². The van der Waals surface area contributed by atoms with Gasteiger partial charge in [0, 0.05) is 32.3 Å². The maximum absolute atomic E-state index is 5.79. The average molecular weight is 426 g/mol. The molecule has 0 aromatic carbocycles. The molecule has 2 N–H and O–H groups in total. The molecule has 1 aliphatic heterocycles. The Morgan fingerprint density at radius 3 is 2.55 bits per heavy atom. The van der Waals surface area contributed by atoms with Crippen molar-refractivity contribution in [1.29, 1.82) is 0 Å². The monoisotopic (exact) mass is 426 g/mol. The molecule has 0 spiro atoms. The van der Waals surface area contributed by atoms with Crippen molar-refractivity contribution in [3.8, 4) is 0 Å². The maximum Gasteiger partial charge on any atom is 0.191 e. The Bertz CT molecular complexity index is 317. The molecule has 0 saturated carbocycles. The highest BCUT2D eigenvalue weighted by molar-refractivity contribution is 14.0. The fourth-order valence-corrected chi connectivity index (χ4v) is 2.65. The third-order valence-corrected chi connectivity index (χ3v) is 4.04. The second-order valence-corrected chi connectivity index (χ2v) is 6.25. The van der Waals surface area contributed by atoms with Crippen LogP contribution in [-0.2, 0) is 4.74 Å². The molecule has 1 atom stereocenters. The topological polar surface area (TPSA) is 48.9 Å². The minimum Gasteiger partial charge on any atom is -0.373 e. The van der Waals surface area contributed by atoms with Crippen LogP contribution in [0.25, 0.3) is 0 Å². The Labute approximate surface area is 153 Å². The van der Waals surface area contributed by atoms with E-state index in [1.165, 1.54) is 0 Å². The van der Waals surface area contributed by atoms with Gasteiger partial charge in [0.25, 0.3) is 0 Å². The highest BCUT2D eigenvalue weighted by Gasteiger charge is 2.29. The van der Waals surface area contributed by atoms with Crippen LogP contribution in [0.5, 0.6) is 0 Å². The van der Waals surface area contributed by atoms with Crippen LogP contribution in [-0.4, -0.2) is 61.8 Å². The minimum absolute atomic E-state index is 0. The minimum atomic E-state index is -0.0737. The molecular formula is C16H35IN4O. The molecule has 0 radical (unpaired) electrons. The number of ether oxygens (including phenoxy) is 1. The molecule has 1 saturated heterocycles. The van der Waals surface area contributed by atoms with Crippen molar-refractivity contribution in [2.75, 3.05) is 39.3 Å². The van der Waals surface area contributed by atoms with Gasteiger partial charge in [0.05, 0.1) is 12.1 Å². The van der Waals surface area contributed by atoms with Crippen molar-refractivity contribution in [1.82, 2.24) is 15.5 Å². The lowest BCUT2D eigenvalue weighted by Crippen LogP contribution is -2.43. The number of guanidine groups is 1. The van der Waals surface area contributed by atoms with E-state index in [0.717, 1.165) is 58.1 Å². The van der Waals surface area contributed by atoms with Gasteiger partial charge in [0.15, 0.2) is 5.96 Å². The lowest BCUT2D eigenvalue weighted by atomic mass is 10.0. The highest BCUT2D eigenvalue weighted by Crippen LogP contribution is 2.24. The number of rotatable bonds is 8. The number of likely N-dealkylation sites (N-methyl/N-ethyl adjacent to an activating group) is 1. The molecule has 0 aliphatic carbocycles. The Balaban J connectivity index is 0.00000441. The molecule has 1 unspecified atom stereocenters. The summed E-state index contributed by atoms with van der Waals surface area (Å²) in [5.41, 5.74) is -0.0737. The zero-order valence-corrected chi connectivity index (χ0v) is 17.3. The maximum atomic E-state index is 5.79. The first-order chi connectivity index (χ1) is 10.0. The van der Waals surface area contributed by atoms with Gasteiger partial charge in [-0.15, -0.1) is 24.0 Å². The van der Waals surface area contributed by atoms with Crippen molar-refractivity contribution in [2.45, 2.75) is 59.1 Å². The third kappa shape index (κ3) is 7.97. The normalized spacial score (nSPS) is 22.0. The molecule has 1 rings (SSSR count). The smallest absolute Gasteiger partial charge is 0.191 e. The van der Waals surface area contributed by atoms with E-state index in [9.17, 15) is 0 Å². The molecule has 22 heavy (non-hydrogen) atoms. The molecule has 1 aliphatic rings. The molecule has 6 heteroatoms. The second-order valence-electron chi connectivity index (χ2n) is 6.25. The van der Waals surface area contributed by atoms with Crippen LogP contribution in [0.4, 0.5) is 0 Å². The fraction of sp³-hybridized carbons (Fsp3) is 0.938. The van der Waals surface area contributed by atoms with Crippen LogP contribution < -0.4 is 10.6 Å². The molecule has 1 heterocycles. The first kappa shape index (κ1) is 21.9. The van der Waals surface area contributed by atoms with Crippen LogP contribution in [0.15, 0.2) is 4.99 Å². The Morgan fingerprint density at radius 2 is 2.05 bits per heavy atom. The van der Waals surface area contributed by atoms with E-state index in [1.54, 1.807) is 0 Å². The quantitative estimate of drug-likeness (QED) is 0.356. The number of hydrogen-bond donors (Lipinski definition) is 2. The second kappa shape index (κ2) is 11.5. The van der Waals surface area contributed by atoms with Gasteiger partial charge in [0.2, 0.25) is 0 Å². The van der Waals surface area contributed by atoms with Crippen molar-refractivity contribution in [3.63, 3.8) is 0 Å². The Hall–Kier alpha value is -0.0800. The standard InChI is InChI=1S/C16H34N4O.HI/c1-6-17-15(18-10-11-20(7-2)14(3)4)19-13-16(5)9-8-12-21-16;/h14H,6-13H2,1-5H3,(H2,17,18,19);1H. The van der Waals surface area contributed by atoms with Crippen molar-refractivity contribution >= 4 is 29.9 Å². The van der Waals surface area contributed by atoms with Gasteiger partial charge in [-0.05, 0) is 47.1 Å². The van der Waals surface area contributed by atoms with E-state index in [1.807, 2.05) is 0 Å². The van der Waals surface area contributed by atoms with Crippen LogP contribution in [0.2, 0.25) is 0 Å². The van der Waals surface area contributed by atoms with Crippen molar-refractivity contribution < 1.29 is 4.74 Å². The summed E-state index contributed by atoms with van der Waals surface area (Å²) in [5, 5.41) is 6.73. The molecule has 0 aromatic heterocycles. The molecule has 0 amide bonds. The lowest BCUT2D eigenvalue weighted by molar-refractivity contribution is 0.0283. The molecule has 132 valence electrons. The zero-order valence-electron chi connectivity index (χ0n) is 14.9. The summed E-state index contributed by atoms with van der Waals surface area (Å²) in [6.07, 6.45) is 2.25. The van der Waals surface area contributed by atoms with Gasteiger partial charge in [-0.1, -0.05) is 6.92 Å². The molecule has 0 bridgehead atoms. The summed E-state index contributed by atoms with van der Waals surface area (Å²) in [7, 11) is 0. The SMILES string of the molecule is CCNC(=NCC1(C)CCCO1)NCCN(CC)C(C)C.I. The van der Waals surface area contributed by atoms with E-state index in [-0.39, 0.29) is 29.6 Å². The van der Waals surface area contributed by atoms with Gasteiger partial charge >= 0.3 is 0 Å². The first-order valence-electron chi connectivity index (χ1n) is 8.41.